The van der Waals surface area contributed by atoms with Gasteiger partial charge in [0.25, 0.3) is 0 Å². The molecule has 2 aliphatic rings. The van der Waals surface area contributed by atoms with Gasteiger partial charge in [0.2, 0.25) is 5.91 Å². The zero-order valence-corrected chi connectivity index (χ0v) is 15.5. The van der Waals surface area contributed by atoms with Crippen LogP contribution in [0.5, 0.6) is 0 Å². The quantitative estimate of drug-likeness (QED) is 0.456. The highest BCUT2D eigenvalue weighted by atomic mass is 79.9. The topological polar surface area (TPSA) is 92.1 Å². The number of halogens is 1. The number of quaternary nitrogens is 1. The van der Waals surface area contributed by atoms with E-state index in [1.807, 2.05) is 6.92 Å². The first kappa shape index (κ1) is 17.3. The second kappa shape index (κ2) is 6.09. The molecule has 3 atom stereocenters. The number of guanidine groups is 1. The van der Waals surface area contributed by atoms with Gasteiger partial charge < -0.3 is 15.2 Å². The number of pyridine rings is 1. The van der Waals surface area contributed by atoms with Crippen LogP contribution in [-0.2, 0) is 4.79 Å². The standard InChI is InChI=1S/C16H22BrN5O2/c1-16(9-14(23)21(2)15(18)20-16)11-4-3-7-22(24,10-11)12-5-6-19-13(17)8-12/h5-6,8,11H,3-4,7,9-10H2,1-2H3,(H2,18,20)/t11?,16-,22?/m0/s1. The third-order valence-electron chi connectivity index (χ3n) is 5.30. The largest absolute Gasteiger partial charge is 0.627 e. The number of nitrogens with zero attached hydrogens (tertiary/aromatic N) is 3. The second-order valence-electron chi connectivity index (χ2n) is 6.99. The smallest absolute Gasteiger partial charge is 0.231 e. The van der Waals surface area contributed by atoms with Gasteiger partial charge in [0.1, 0.15) is 10.3 Å². The summed E-state index contributed by atoms with van der Waals surface area (Å²) < 4.78 is 0.233. The van der Waals surface area contributed by atoms with Crippen molar-refractivity contribution in [1.82, 2.24) is 19.8 Å². The Morgan fingerprint density at radius 3 is 3.00 bits per heavy atom. The summed E-state index contributed by atoms with van der Waals surface area (Å²) in [6.07, 6.45) is 3.61. The van der Waals surface area contributed by atoms with E-state index in [4.69, 9.17) is 5.41 Å². The Morgan fingerprint density at radius 2 is 2.33 bits per heavy atom. The lowest BCUT2D eigenvalue weighted by Crippen LogP contribution is -2.66. The molecule has 0 radical (unpaired) electrons. The Morgan fingerprint density at radius 1 is 1.58 bits per heavy atom. The van der Waals surface area contributed by atoms with Crippen LogP contribution in [0.2, 0.25) is 0 Å². The Balaban J connectivity index is 1.85. The maximum absolute atomic E-state index is 13.4. The zero-order valence-electron chi connectivity index (χ0n) is 13.9. The third kappa shape index (κ3) is 3.05. The summed E-state index contributed by atoms with van der Waals surface area (Å²) in [5, 5.41) is 24.6. The van der Waals surface area contributed by atoms with E-state index < -0.39 is 10.2 Å². The van der Waals surface area contributed by atoms with Crippen LogP contribution in [0.4, 0.5) is 5.69 Å². The minimum absolute atomic E-state index is 0.0219. The fourth-order valence-corrected chi connectivity index (χ4v) is 4.09. The molecule has 2 unspecified atom stereocenters. The monoisotopic (exact) mass is 395 g/mol. The molecule has 8 heteroatoms. The van der Waals surface area contributed by atoms with Crippen LogP contribution >= 0.6 is 15.9 Å². The van der Waals surface area contributed by atoms with Crippen LogP contribution in [0, 0.1) is 16.5 Å². The van der Waals surface area contributed by atoms with E-state index in [0.29, 0.717) is 29.8 Å². The number of rotatable bonds is 2. The van der Waals surface area contributed by atoms with Gasteiger partial charge in [-0.2, -0.15) is 0 Å². The van der Waals surface area contributed by atoms with E-state index in [9.17, 15) is 10.0 Å². The molecule has 1 amide bonds. The fourth-order valence-electron chi connectivity index (χ4n) is 3.73. The molecule has 1 aromatic heterocycles. The normalized spacial score (nSPS) is 34.2. The van der Waals surface area contributed by atoms with Gasteiger partial charge in [-0.05, 0) is 35.7 Å². The summed E-state index contributed by atoms with van der Waals surface area (Å²) in [7, 11) is 1.60. The molecule has 2 fully saturated rings. The van der Waals surface area contributed by atoms with E-state index in [1.54, 1.807) is 25.4 Å². The molecule has 0 spiro atoms. The molecule has 130 valence electrons. The molecule has 0 aliphatic carbocycles. The van der Waals surface area contributed by atoms with Crippen molar-refractivity contribution in [3.05, 3.63) is 28.1 Å². The maximum atomic E-state index is 13.4. The molecule has 3 heterocycles. The van der Waals surface area contributed by atoms with Gasteiger partial charge in [-0.3, -0.25) is 15.1 Å². The van der Waals surface area contributed by atoms with Gasteiger partial charge in [-0.15, -0.1) is 0 Å². The Kier molecular flexibility index (Phi) is 4.39. The predicted octanol–water partition coefficient (Wildman–Crippen LogP) is 2.20. The molecular formula is C16H22BrN5O2. The average molecular weight is 396 g/mol. The molecule has 0 saturated carbocycles. The molecule has 2 N–H and O–H groups in total. The molecule has 3 rings (SSSR count). The molecule has 1 aromatic rings. The Hall–Kier alpha value is -1.51. The summed E-state index contributed by atoms with van der Waals surface area (Å²) in [4.78, 5) is 17.6. The SMILES string of the molecule is CN1C(=N)N[C@](C)(C2CCC[N+]([O-])(c3ccnc(Br)c3)C2)CC1=O. The summed E-state index contributed by atoms with van der Waals surface area (Å²) in [5.74, 6) is 0.0474. The molecule has 2 aliphatic heterocycles. The van der Waals surface area contributed by atoms with Crippen molar-refractivity contribution in [3.63, 3.8) is 0 Å². The highest BCUT2D eigenvalue weighted by Gasteiger charge is 2.46. The lowest BCUT2D eigenvalue weighted by atomic mass is 9.76. The van der Waals surface area contributed by atoms with Crippen LogP contribution in [0.3, 0.4) is 0 Å². The predicted molar refractivity (Wildman–Crippen MR) is 96.2 cm³/mol. The number of piperidine rings is 1. The average Bonchev–Trinajstić information content (AvgIpc) is 2.53. The van der Waals surface area contributed by atoms with E-state index in [-0.39, 0.29) is 17.8 Å². The van der Waals surface area contributed by atoms with E-state index in [1.165, 1.54) is 4.90 Å². The number of amides is 1. The lowest BCUT2D eigenvalue weighted by molar-refractivity contribution is -0.130. The van der Waals surface area contributed by atoms with Gasteiger partial charge in [0.15, 0.2) is 5.96 Å². The van der Waals surface area contributed by atoms with Crippen molar-refractivity contribution in [2.45, 2.75) is 31.7 Å². The molecule has 7 nitrogen and oxygen atoms in total. The van der Waals surface area contributed by atoms with E-state index in [2.05, 4.69) is 26.2 Å². The van der Waals surface area contributed by atoms with Crippen LogP contribution in [0.15, 0.2) is 22.9 Å². The minimum Gasteiger partial charge on any atom is -0.627 e. The van der Waals surface area contributed by atoms with Gasteiger partial charge in [-0.1, -0.05) is 0 Å². The van der Waals surface area contributed by atoms with E-state index in [0.717, 1.165) is 12.8 Å². The highest BCUT2D eigenvalue weighted by Crippen LogP contribution is 2.37. The number of carbonyl (C=O) groups excluding carboxylic acids is 1. The van der Waals surface area contributed by atoms with Crippen molar-refractivity contribution in [2.75, 3.05) is 20.1 Å². The maximum Gasteiger partial charge on any atom is 0.231 e. The molecule has 2 saturated heterocycles. The van der Waals surface area contributed by atoms with Gasteiger partial charge in [-0.25, -0.2) is 4.98 Å². The first-order valence-corrected chi connectivity index (χ1v) is 8.86. The zero-order chi connectivity index (χ0) is 17.5. The Bertz CT molecular complexity index is 664. The van der Waals surface area contributed by atoms with Crippen molar-refractivity contribution in [3.8, 4) is 0 Å². The fraction of sp³-hybridized carbons (Fsp3) is 0.562. The first-order valence-electron chi connectivity index (χ1n) is 8.07. The third-order valence-corrected chi connectivity index (χ3v) is 5.73. The van der Waals surface area contributed by atoms with Crippen LogP contribution in [0.25, 0.3) is 0 Å². The van der Waals surface area contributed by atoms with Crippen LogP contribution in [0.1, 0.15) is 26.2 Å². The van der Waals surface area contributed by atoms with Crippen molar-refractivity contribution >= 4 is 33.5 Å². The summed E-state index contributed by atoms with van der Waals surface area (Å²) in [5.41, 5.74) is 0.124. The van der Waals surface area contributed by atoms with Crippen molar-refractivity contribution in [1.29, 1.82) is 5.41 Å². The molecule has 24 heavy (non-hydrogen) atoms. The number of hydroxylamine groups is 2. The van der Waals surface area contributed by atoms with Gasteiger partial charge >= 0.3 is 0 Å². The second-order valence-corrected chi connectivity index (χ2v) is 7.80. The number of nitrogens with one attached hydrogen (secondary N) is 2. The number of hydrogen-bond donors (Lipinski definition) is 2. The summed E-state index contributed by atoms with van der Waals surface area (Å²) >= 11 is 3.33. The highest BCUT2D eigenvalue weighted by molar-refractivity contribution is 9.10. The number of aromatic nitrogens is 1. The number of hydrogen-bond acceptors (Lipinski definition) is 4. The Labute approximate surface area is 149 Å². The molecule has 0 bridgehead atoms. The van der Waals surface area contributed by atoms with E-state index >= 15 is 0 Å². The number of carbonyl (C=O) groups is 1. The van der Waals surface area contributed by atoms with Gasteiger partial charge in [0.05, 0.1) is 25.0 Å². The van der Waals surface area contributed by atoms with Crippen molar-refractivity contribution < 1.29 is 4.79 Å². The van der Waals surface area contributed by atoms with Crippen molar-refractivity contribution in [2.24, 2.45) is 5.92 Å². The van der Waals surface area contributed by atoms with Crippen LogP contribution < -0.4 is 9.96 Å². The lowest BCUT2D eigenvalue weighted by Gasteiger charge is -2.53. The first-order chi connectivity index (χ1) is 11.2. The summed E-state index contributed by atoms with van der Waals surface area (Å²) in [6.45, 7) is 2.87. The minimum atomic E-state index is -0.556. The molecule has 0 aromatic carbocycles. The van der Waals surface area contributed by atoms with Gasteiger partial charge in [0, 0.05) is 31.3 Å². The summed E-state index contributed by atoms with van der Waals surface area (Å²) in [6, 6.07) is 3.53. The molecular weight excluding hydrogens is 374 g/mol. The van der Waals surface area contributed by atoms with Crippen LogP contribution in [-0.4, -0.2) is 47.4 Å².